The summed E-state index contributed by atoms with van der Waals surface area (Å²) < 4.78 is 1.21. The summed E-state index contributed by atoms with van der Waals surface area (Å²) in [7, 11) is 0. The maximum Gasteiger partial charge on any atom is 0.0462 e. The lowest BCUT2D eigenvalue weighted by atomic mass is 9.98. The second-order valence-electron chi connectivity index (χ2n) is 4.87. The molecule has 0 aromatic heterocycles. The lowest BCUT2D eigenvalue weighted by Crippen LogP contribution is -2.28. The number of rotatable bonds is 4. The standard InChI is InChI=1S/C13H19BrN2/c1-8-5-11(6-9(2)13(8)14)12(16-15)7-10-3-4-10/h5-6,10,12,16H,3-4,7,15H2,1-2H3. The average molecular weight is 283 g/mol. The van der Waals surface area contributed by atoms with Crippen molar-refractivity contribution in [3.05, 3.63) is 33.3 Å². The molecule has 1 aliphatic carbocycles. The van der Waals surface area contributed by atoms with Crippen molar-refractivity contribution in [1.82, 2.24) is 5.43 Å². The predicted molar refractivity (Wildman–Crippen MR) is 71.0 cm³/mol. The first-order chi connectivity index (χ1) is 7.61. The molecule has 0 saturated heterocycles. The van der Waals surface area contributed by atoms with E-state index in [-0.39, 0.29) is 0 Å². The van der Waals surface area contributed by atoms with Crippen LogP contribution in [0.4, 0.5) is 0 Å². The van der Waals surface area contributed by atoms with Crippen molar-refractivity contribution >= 4 is 15.9 Å². The molecule has 2 rings (SSSR count). The van der Waals surface area contributed by atoms with Crippen LogP contribution in [0.25, 0.3) is 0 Å². The van der Waals surface area contributed by atoms with E-state index in [0.29, 0.717) is 6.04 Å². The van der Waals surface area contributed by atoms with E-state index in [1.165, 1.54) is 34.0 Å². The van der Waals surface area contributed by atoms with Crippen molar-refractivity contribution in [2.24, 2.45) is 11.8 Å². The van der Waals surface area contributed by atoms with E-state index in [0.717, 1.165) is 12.3 Å². The van der Waals surface area contributed by atoms with Gasteiger partial charge in [-0.3, -0.25) is 11.3 Å². The van der Waals surface area contributed by atoms with Crippen molar-refractivity contribution in [2.45, 2.75) is 39.2 Å². The van der Waals surface area contributed by atoms with E-state index in [1.54, 1.807) is 0 Å². The Kier molecular flexibility index (Phi) is 3.67. The summed E-state index contributed by atoms with van der Waals surface area (Å²) in [5.41, 5.74) is 6.83. The molecule has 16 heavy (non-hydrogen) atoms. The monoisotopic (exact) mass is 282 g/mol. The average Bonchev–Trinajstić information content (AvgIpc) is 3.05. The van der Waals surface area contributed by atoms with Crippen LogP contribution in [0.15, 0.2) is 16.6 Å². The highest BCUT2D eigenvalue weighted by molar-refractivity contribution is 9.10. The van der Waals surface area contributed by atoms with Gasteiger partial charge in [0.15, 0.2) is 0 Å². The maximum atomic E-state index is 5.66. The zero-order valence-electron chi connectivity index (χ0n) is 9.89. The van der Waals surface area contributed by atoms with Gasteiger partial charge in [-0.25, -0.2) is 0 Å². The fraction of sp³-hybridized carbons (Fsp3) is 0.538. The molecule has 3 heteroatoms. The number of hydrazine groups is 1. The lowest BCUT2D eigenvalue weighted by Gasteiger charge is -2.18. The second kappa shape index (κ2) is 4.86. The van der Waals surface area contributed by atoms with Gasteiger partial charge in [-0.05, 0) is 42.9 Å². The Morgan fingerprint density at radius 1 is 1.38 bits per heavy atom. The Hall–Kier alpha value is -0.380. The van der Waals surface area contributed by atoms with Crippen molar-refractivity contribution in [1.29, 1.82) is 0 Å². The lowest BCUT2D eigenvalue weighted by molar-refractivity contribution is 0.486. The number of aryl methyl sites for hydroxylation is 2. The minimum absolute atomic E-state index is 0.304. The molecule has 2 nitrogen and oxygen atoms in total. The highest BCUT2D eigenvalue weighted by Gasteiger charge is 2.26. The maximum absolute atomic E-state index is 5.66. The first kappa shape index (κ1) is 12.1. The molecule has 0 spiro atoms. The Morgan fingerprint density at radius 2 is 1.94 bits per heavy atom. The number of hydrogen-bond donors (Lipinski definition) is 2. The molecule has 0 radical (unpaired) electrons. The topological polar surface area (TPSA) is 38.0 Å². The van der Waals surface area contributed by atoms with Crippen LogP contribution in [0.1, 0.15) is 42.0 Å². The van der Waals surface area contributed by atoms with E-state index in [4.69, 9.17) is 5.84 Å². The van der Waals surface area contributed by atoms with Gasteiger partial charge in [0, 0.05) is 10.5 Å². The number of benzene rings is 1. The van der Waals surface area contributed by atoms with Crippen molar-refractivity contribution < 1.29 is 0 Å². The molecule has 0 amide bonds. The molecule has 1 aromatic carbocycles. The molecule has 1 aromatic rings. The zero-order chi connectivity index (χ0) is 11.7. The van der Waals surface area contributed by atoms with Crippen LogP contribution in [0.2, 0.25) is 0 Å². The molecule has 1 fully saturated rings. The number of halogens is 1. The van der Waals surface area contributed by atoms with Crippen molar-refractivity contribution in [3.63, 3.8) is 0 Å². The minimum atomic E-state index is 0.304. The Balaban J connectivity index is 2.22. The summed E-state index contributed by atoms with van der Waals surface area (Å²) in [5.74, 6) is 6.54. The number of nitrogens with two attached hydrogens (primary N) is 1. The van der Waals surface area contributed by atoms with Crippen LogP contribution in [-0.4, -0.2) is 0 Å². The molecule has 3 N–H and O–H groups in total. The van der Waals surface area contributed by atoms with Gasteiger partial charge in [0.05, 0.1) is 0 Å². The molecule has 0 bridgehead atoms. The molecule has 1 atom stereocenters. The summed E-state index contributed by atoms with van der Waals surface area (Å²) in [4.78, 5) is 0. The normalized spacial score (nSPS) is 17.5. The highest BCUT2D eigenvalue weighted by Crippen LogP contribution is 2.38. The fourth-order valence-corrected chi connectivity index (χ4v) is 2.40. The Morgan fingerprint density at radius 3 is 2.38 bits per heavy atom. The van der Waals surface area contributed by atoms with Crippen LogP contribution in [0.3, 0.4) is 0 Å². The van der Waals surface area contributed by atoms with Gasteiger partial charge in [-0.2, -0.15) is 0 Å². The molecule has 1 unspecified atom stereocenters. The van der Waals surface area contributed by atoms with Gasteiger partial charge in [0.25, 0.3) is 0 Å². The van der Waals surface area contributed by atoms with Gasteiger partial charge in [0.2, 0.25) is 0 Å². The highest BCUT2D eigenvalue weighted by atomic mass is 79.9. The third-order valence-electron chi connectivity index (χ3n) is 3.33. The number of hydrogen-bond acceptors (Lipinski definition) is 2. The number of nitrogens with one attached hydrogen (secondary N) is 1. The van der Waals surface area contributed by atoms with E-state index in [2.05, 4.69) is 47.3 Å². The predicted octanol–water partition coefficient (Wildman–Crippen LogP) is 3.37. The van der Waals surface area contributed by atoms with Crippen LogP contribution in [0.5, 0.6) is 0 Å². The minimum Gasteiger partial charge on any atom is -0.271 e. The summed E-state index contributed by atoms with van der Waals surface area (Å²) in [6.07, 6.45) is 3.90. The molecule has 1 aliphatic rings. The van der Waals surface area contributed by atoms with Crippen LogP contribution < -0.4 is 11.3 Å². The smallest absolute Gasteiger partial charge is 0.0462 e. The third kappa shape index (κ3) is 2.65. The van der Waals surface area contributed by atoms with Gasteiger partial charge < -0.3 is 0 Å². The molecule has 0 heterocycles. The van der Waals surface area contributed by atoms with Gasteiger partial charge >= 0.3 is 0 Å². The van der Waals surface area contributed by atoms with Crippen LogP contribution >= 0.6 is 15.9 Å². The van der Waals surface area contributed by atoms with Crippen LogP contribution in [-0.2, 0) is 0 Å². The summed E-state index contributed by atoms with van der Waals surface area (Å²) >= 11 is 3.60. The van der Waals surface area contributed by atoms with Gasteiger partial charge in [0.1, 0.15) is 0 Å². The summed E-state index contributed by atoms with van der Waals surface area (Å²) in [5, 5.41) is 0. The van der Waals surface area contributed by atoms with E-state index >= 15 is 0 Å². The Labute approximate surface area is 106 Å². The first-order valence-electron chi connectivity index (χ1n) is 5.84. The van der Waals surface area contributed by atoms with E-state index < -0.39 is 0 Å². The van der Waals surface area contributed by atoms with Crippen LogP contribution in [0, 0.1) is 19.8 Å². The molecular weight excluding hydrogens is 264 g/mol. The molecule has 88 valence electrons. The molecule has 1 saturated carbocycles. The van der Waals surface area contributed by atoms with Gasteiger partial charge in [-0.1, -0.05) is 40.9 Å². The summed E-state index contributed by atoms with van der Waals surface area (Å²) in [6.45, 7) is 4.26. The second-order valence-corrected chi connectivity index (χ2v) is 5.66. The van der Waals surface area contributed by atoms with E-state index in [1.807, 2.05) is 0 Å². The zero-order valence-corrected chi connectivity index (χ0v) is 11.5. The largest absolute Gasteiger partial charge is 0.271 e. The van der Waals surface area contributed by atoms with Gasteiger partial charge in [-0.15, -0.1) is 0 Å². The molecule has 0 aliphatic heterocycles. The van der Waals surface area contributed by atoms with Crippen molar-refractivity contribution in [2.75, 3.05) is 0 Å². The SMILES string of the molecule is Cc1cc(C(CC2CC2)NN)cc(C)c1Br. The third-order valence-corrected chi connectivity index (χ3v) is 4.58. The summed E-state index contributed by atoms with van der Waals surface area (Å²) in [6, 6.07) is 4.76. The quantitative estimate of drug-likeness (QED) is 0.656. The fourth-order valence-electron chi connectivity index (χ4n) is 2.17. The first-order valence-corrected chi connectivity index (χ1v) is 6.64. The van der Waals surface area contributed by atoms with E-state index in [9.17, 15) is 0 Å². The van der Waals surface area contributed by atoms with Crippen molar-refractivity contribution in [3.8, 4) is 0 Å². The Bertz CT molecular complexity index is 363. The molecular formula is C13H19BrN2.